The van der Waals surface area contributed by atoms with Gasteiger partial charge in [0.15, 0.2) is 0 Å². The fourth-order valence-corrected chi connectivity index (χ4v) is 10.3. The molecule has 0 radical (unpaired) electrons. The maximum Gasteiger partial charge on any atom is 0.123 e. The molecule has 1 atom stereocenters. The average molecular weight is 748 g/mol. The summed E-state index contributed by atoms with van der Waals surface area (Å²) < 4.78 is 31.1. The van der Waals surface area contributed by atoms with Gasteiger partial charge in [0.05, 0.1) is 11.1 Å². The lowest BCUT2D eigenvalue weighted by Gasteiger charge is -2.33. The summed E-state index contributed by atoms with van der Waals surface area (Å²) in [5, 5.41) is 1.01. The third-order valence-corrected chi connectivity index (χ3v) is 12.8. The first-order valence-corrected chi connectivity index (χ1v) is 19.8. The number of hydrogen-bond acceptors (Lipinski definition) is 1. The molecule has 3 aliphatic carbocycles. The SMILES string of the molecule is C/C=C\C(=C/C)c1ccccc1N(c1ccc2c(c1)C(C)(C)c1ccccc1-2)c1ccc2c(c1)C1(c3cc(F)ccc3-c3ccc(F)cc31)c1cc(P)ccc1-2. The van der Waals surface area contributed by atoms with Crippen LogP contribution in [0.1, 0.15) is 66.6 Å². The second-order valence-corrected chi connectivity index (χ2v) is 16.3. The quantitative estimate of drug-likeness (QED) is 0.125. The van der Waals surface area contributed by atoms with Crippen LogP contribution in [0.15, 0.2) is 158 Å². The third-order valence-electron chi connectivity index (χ3n) is 12.4. The maximum absolute atomic E-state index is 15.6. The van der Waals surface area contributed by atoms with Crippen molar-refractivity contribution in [2.45, 2.75) is 38.5 Å². The van der Waals surface area contributed by atoms with Crippen LogP contribution in [0.4, 0.5) is 25.8 Å². The zero-order valence-electron chi connectivity index (χ0n) is 31.8. The minimum Gasteiger partial charge on any atom is -0.310 e. The molecule has 10 rings (SSSR count). The maximum atomic E-state index is 15.6. The van der Waals surface area contributed by atoms with Gasteiger partial charge in [-0.2, -0.15) is 0 Å². The van der Waals surface area contributed by atoms with Crippen LogP contribution < -0.4 is 10.2 Å². The molecule has 0 N–H and O–H groups in total. The van der Waals surface area contributed by atoms with Crippen molar-refractivity contribution in [3.05, 3.63) is 208 Å². The van der Waals surface area contributed by atoms with Gasteiger partial charge < -0.3 is 4.90 Å². The first-order chi connectivity index (χ1) is 27.2. The van der Waals surface area contributed by atoms with Crippen LogP contribution in [0.25, 0.3) is 39.0 Å². The Morgan fingerprint density at radius 3 is 1.68 bits per heavy atom. The highest BCUT2D eigenvalue weighted by molar-refractivity contribution is 7.27. The minimum absolute atomic E-state index is 0.197. The fraction of sp³-hybridized carbons (Fsp3) is 0.115. The summed E-state index contributed by atoms with van der Waals surface area (Å²) in [4.78, 5) is 2.37. The summed E-state index contributed by atoms with van der Waals surface area (Å²) in [5.41, 5.74) is 16.9. The molecule has 7 aromatic carbocycles. The molecule has 0 aliphatic heterocycles. The molecule has 0 amide bonds. The van der Waals surface area contributed by atoms with Gasteiger partial charge >= 0.3 is 0 Å². The first kappa shape index (κ1) is 34.6. The molecule has 0 heterocycles. The van der Waals surface area contributed by atoms with Crippen LogP contribution in [0.3, 0.4) is 0 Å². The van der Waals surface area contributed by atoms with Gasteiger partial charge in [-0.05, 0) is 152 Å². The molecular weight excluding hydrogens is 708 g/mol. The molecule has 4 heteroatoms. The lowest BCUT2D eigenvalue weighted by atomic mass is 9.70. The van der Waals surface area contributed by atoms with Gasteiger partial charge in [0.25, 0.3) is 0 Å². The molecular formula is C52H40F2NP. The number of allylic oxidation sites excluding steroid dienone is 4. The van der Waals surface area contributed by atoms with E-state index < -0.39 is 5.41 Å². The van der Waals surface area contributed by atoms with E-state index in [9.17, 15) is 0 Å². The Balaban J connectivity index is 1.28. The smallest absolute Gasteiger partial charge is 0.123 e. The molecule has 0 fully saturated rings. The molecule has 0 saturated carbocycles. The van der Waals surface area contributed by atoms with Crippen molar-refractivity contribution in [3.63, 3.8) is 0 Å². The van der Waals surface area contributed by atoms with Crippen LogP contribution in [-0.2, 0) is 10.8 Å². The zero-order valence-corrected chi connectivity index (χ0v) is 32.9. The predicted octanol–water partition coefficient (Wildman–Crippen LogP) is 13.6. The molecule has 1 spiro atoms. The summed E-state index contributed by atoms with van der Waals surface area (Å²) in [6.07, 6.45) is 6.39. The van der Waals surface area contributed by atoms with E-state index in [0.29, 0.717) is 0 Å². The molecule has 1 unspecified atom stereocenters. The molecule has 272 valence electrons. The topological polar surface area (TPSA) is 3.24 Å². The van der Waals surface area contributed by atoms with Gasteiger partial charge in [0.1, 0.15) is 11.6 Å². The molecule has 1 nitrogen and oxygen atoms in total. The van der Waals surface area contributed by atoms with E-state index in [4.69, 9.17) is 0 Å². The van der Waals surface area contributed by atoms with Gasteiger partial charge in [-0.15, -0.1) is 9.24 Å². The summed E-state index contributed by atoms with van der Waals surface area (Å²) >= 11 is 0. The second-order valence-electron chi connectivity index (χ2n) is 15.7. The van der Waals surface area contributed by atoms with Crippen LogP contribution in [-0.4, -0.2) is 0 Å². The Kier molecular flexibility index (Phi) is 7.76. The zero-order chi connectivity index (χ0) is 38.5. The van der Waals surface area contributed by atoms with Gasteiger partial charge in [-0.3, -0.25) is 0 Å². The minimum atomic E-state index is -0.936. The van der Waals surface area contributed by atoms with E-state index in [1.165, 1.54) is 34.4 Å². The Morgan fingerprint density at radius 2 is 1.04 bits per heavy atom. The number of rotatable bonds is 5. The number of anilines is 3. The van der Waals surface area contributed by atoms with Crippen LogP contribution in [0.5, 0.6) is 0 Å². The Bertz CT molecular complexity index is 2790. The lowest BCUT2D eigenvalue weighted by Crippen LogP contribution is -2.27. The third kappa shape index (κ3) is 4.74. The van der Waals surface area contributed by atoms with Crippen molar-refractivity contribution in [1.29, 1.82) is 0 Å². The number of fused-ring (bicyclic) bond motifs is 13. The molecule has 0 bridgehead atoms. The van der Waals surface area contributed by atoms with Gasteiger partial charge in [-0.25, -0.2) is 8.78 Å². The molecule has 0 saturated heterocycles. The number of hydrogen-bond donors (Lipinski definition) is 0. The van der Waals surface area contributed by atoms with E-state index >= 15 is 8.78 Å². The number of nitrogens with zero attached hydrogens (tertiary/aromatic N) is 1. The number of benzene rings is 7. The summed E-state index contributed by atoms with van der Waals surface area (Å²) in [7, 11) is 2.83. The largest absolute Gasteiger partial charge is 0.310 e. The Morgan fingerprint density at radius 1 is 0.536 bits per heavy atom. The summed E-state index contributed by atoms with van der Waals surface area (Å²) in [6, 6.07) is 47.4. The average Bonchev–Trinajstić information content (AvgIpc) is 3.74. The summed E-state index contributed by atoms with van der Waals surface area (Å²) in [6.45, 7) is 8.75. The van der Waals surface area contributed by atoms with Crippen molar-refractivity contribution < 1.29 is 8.78 Å². The highest BCUT2D eigenvalue weighted by Crippen LogP contribution is 2.63. The lowest BCUT2D eigenvalue weighted by molar-refractivity contribution is 0.618. The fourth-order valence-electron chi connectivity index (χ4n) is 10.0. The normalized spacial score (nSPS) is 15.0. The molecule has 3 aliphatic rings. The van der Waals surface area contributed by atoms with Crippen LogP contribution in [0.2, 0.25) is 0 Å². The molecule has 0 aromatic heterocycles. The standard InChI is InChI=1S/C52H40F2NP/c1-5-11-31(6-2)37-12-8-10-15-50(37)55(34-18-23-39-38-13-7-9-14-44(38)51(3,4)45(39)28-34)35-19-24-42-43-25-20-36(56)30-49(43)52(48(42)29-35)46-26-32(53)16-21-40(46)41-22-17-33(54)27-47(41)52/h5-30H,56H2,1-4H3/b11-5-,31-6+. The number of para-hydroxylation sites is 1. The second kappa shape index (κ2) is 12.6. The van der Waals surface area contributed by atoms with Gasteiger partial charge in [0, 0.05) is 22.4 Å². The van der Waals surface area contributed by atoms with Crippen molar-refractivity contribution in [3.8, 4) is 33.4 Å². The van der Waals surface area contributed by atoms with Crippen molar-refractivity contribution in [1.82, 2.24) is 0 Å². The predicted molar refractivity (Wildman–Crippen MR) is 233 cm³/mol. The monoisotopic (exact) mass is 747 g/mol. The van der Waals surface area contributed by atoms with E-state index in [0.717, 1.165) is 78.0 Å². The van der Waals surface area contributed by atoms with Crippen molar-refractivity contribution in [2.24, 2.45) is 0 Å². The van der Waals surface area contributed by atoms with Gasteiger partial charge in [-0.1, -0.05) is 111 Å². The first-order valence-electron chi connectivity index (χ1n) is 19.2. The van der Waals surface area contributed by atoms with Crippen LogP contribution in [0, 0.1) is 11.6 Å². The summed E-state index contributed by atoms with van der Waals surface area (Å²) in [5.74, 6) is -0.630. The highest BCUT2D eigenvalue weighted by Gasteiger charge is 2.52. The van der Waals surface area contributed by atoms with Crippen molar-refractivity contribution in [2.75, 3.05) is 4.90 Å². The van der Waals surface area contributed by atoms with E-state index in [-0.39, 0.29) is 17.0 Å². The van der Waals surface area contributed by atoms with E-state index in [2.05, 4.69) is 156 Å². The molecule has 56 heavy (non-hydrogen) atoms. The number of halogens is 2. The van der Waals surface area contributed by atoms with E-state index in [1.54, 1.807) is 12.1 Å². The molecule has 7 aromatic rings. The Labute approximate surface area is 329 Å². The van der Waals surface area contributed by atoms with Gasteiger partial charge in [0.2, 0.25) is 0 Å². The van der Waals surface area contributed by atoms with E-state index in [1.807, 2.05) is 19.1 Å². The Hall–Kier alpha value is -5.89. The van der Waals surface area contributed by atoms with Crippen molar-refractivity contribution >= 4 is 37.2 Å². The van der Waals surface area contributed by atoms with Crippen LogP contribution >= 0.6 is 9.24 Å². The highest BCUT2D eigenvalue weighted by atomic mass is 31.0.